The molecule has 25 heavy (non-hydrogen) atoms. The summed E-state index contributed by atoms with van der Waals surface area (Å²) in [5.41, 5.74) is 3.76. The quantitative estimate of drug-likeness (QED) is 0.720. The summed E-state index contributed by atoms with van der Waals surface area (Å²) in [6, 6.07) is 15.4. The molecule has 0 bridgehead atoms. The number of aromatic nitrogens is 1. The first-order valence-electron chi connectivity index (χ1n) is 8.29. The van der Waals surface area contributed by atoms with Crippen molar-refractivity contribution in [2.75, 3.05) is 11.4 Å². The summed E-state index contributed by atoms with van der Waals surface area (Å²) in [4.78, 5) is 14.8. The lowest BCUT2D eigenvalue weighted by Crippen LogP contribution is -2.32. The van der Waals surface area contributed by atoms with Gasteiger partial charge in [0.1, 0.15) is 12.4 Å². The van der Waals surface area contributed by atoms with E-state index in [0.29, 0.717) is 23.6 Å². The zero-order chi connectivity index (χ0) is 17.4. The average Bonchev–Trinajstić information content (AvgIpc) is 3.08. The second kappa shape index (κ2) is 6.09. The molecule has 1 aliphatic heterocycles. The number of carbonyl (C=O) groups is 1. The molecule has 2 heterocycles. The van der Waals surface area contributed by atoms with Crippen LogP contribution < -0.4 is 9.64 Å². The molecule has 0 N–H and O–H groups in total. The number of para-hydroxylation sites is 2. The van der Waals surface area contributed by atoms with Gasteiger partial charge in [-0.3, -0.25) is 4.79 Å². The van der Waals surface area contributed by atoms with Crippen LogP contribution in [0.25, 0.3) is 11.3 Å². The van der Waals surface area contributed by atoms with Crippen LogP contribution in [-0.2, 0) is 6.61 Å². The first kappa shape index (κ1) is 15.4. The summed E-state index contributed by atoms with van der Waals surface area (Å²) >= 11 is 0. The van der Waals surface area contributed by atoms with Crippen molar-refractivity contribution in [1.82, 2.24) is 5.16 Å². The number of benzene rings is 2. The van der Waals surface area contributed by atoms with E-state index in [1.54, 1.807) is 4.90 Å². The summed E-state index contributed by atoms with van der Waals surface area (Å²) in [6.07, 6.45) is 0. The van der Waals surface area contributed by atoms with Gasteiger partial charge < -0.3 is 14.2 Å². The highest BCUT2D eigenvalue weighted by Gasteiger charge is 2.31. The van der Waals surface area contributed by atoms with Crippen LogP contribution >= 0.6 is 0 Å². The van der Waals surface area contributed by atoms with Crippen LogP contribution in [0.15, 0.2) is 53.1 Å². The standard InChI is InChI=1S/C20H18N2O3/c1-3-22(16-10-6-4-8-13(16)2)20(23)18-15-12-24-17-11-7-5-9-14(17)19(15)25-21-18/h4-11H,3,12H2,1-2H3. The van der Waals surface area contributed by atoms with Gasteiger partial charge in [-0.1, -0.05) is 35.5 Å². The molecular weight excluding hydrogens is 316 g/mol. The SMILES string of the molecule is CCN(C(=O)c1noc2c1COc1ccccc1-2)c1ccccc1C. The maximum absolute atomic E-state index is 13.1. The summed E-state index contributed by atoms with van der Waals surface area (Å²) in [5, 5.41) is 4.07. The second-order valence-corrected chi connectivity index (χ2v) is 5.96. The second-order valence-electron chi connectivity index (χ2n) is 5.96. The predicted octanol–water partition coefficient (Wildman–Crippen LogP) is 4.21. The van der Waals surface area contributed by atoms with Crippen LogP contribution in [0.1, 0.15) is 28.5 Å². The first-order chi connectivity index (χ1) is 12.2. The zero-order valence-electron chi connectivity index (χ0n) is 14.2. The summed E-state index contributed by atoms with van der Waals surface area (Å²) in [6.45, 7) is 4.76. The number of aryl methyl sites for hydroxylation is 1. The van der Waals surface area contributed by atoms with Gasteiger partial charge in [0.05, 0.1) is 11.1 Å². The highest BCUT2D eigenvalue weighted by atomic mass is 16.5. The third kappa shape index (κ3) is 2.48. The van der Waals surface area contributed by atoms with Crippen molar-refractivity contribution in [1.29, 1.82) is 0 Å². The Morgan fingerprint density at radius 1 is 1.16 bits per heavy atom. The molecule has 3 aromatic rings. The smallest absolute Gasteiger partial charge is 0.280 e. The van der Waals surface area contributed by atoms with Crippen molar-refractivity contribution in [3.05, 3.63) is 65.4 Å². The molecule has 0 unspecified atom stereocenters. The van der Waals surface area contributed by atoms with E-state index in [1.807, 2.05) is 62.4 Å². The Morgan fingerprint density at radius 2 is 1.92 bits per heavy atom. The van der Waals surface area contributed by atoms with Crippen LogP contribution in [0.3, 0.4) is 0 Å². The Kier molecular flexibility index (Phi) is 3.76. The Bertz CT molecular complexity index is 946. The molecular formula is C20H18N2O3. The molecule has 0 fully saturated rings. The molecule has 0 saturated carbocycles. The van der Waals surface area contributed by atoms with Crippen molar-refractivity contribution >= 4 is 11.6 Å². The summed E-state index contributed by atoms with van der Waals surface area (Å²) < 4.78 is 11.3. The average molecular weight is 334 g/mol. The van der Waals surface area contributed by atoms with Gasteiger partial charge in [0.25, 0.3) is 5.91 Å². The molecule has 4 rings (SSSR count). The van der Waals surface area contributed by atoms with Crippen LogP contribution in [-0.4, -0.2) is 17.6 Å². The Balaban J connectivity index is 1.75. The largest absolute Gasteiger partial charge is 0.488 e. The molecule has 0 radical (unpaired) electrons. The number of amides is 1. The van der Waals surface area contributed by atoms with E-state index in [9.17, 15) is 4.79 Å². The van der Waals surface area contributed by atoms with E-state index in [0.717, 1.165) is 22.6 Å². The lowest BCUT2D eigenvalue weighted by Gasteiger charge is -2.23. The maximum Gasteiger partial charge on any atom is 0.280 e. The van der Waals surface area contributed by atoms with Gasteiger partial charge in [-0.2, -0.15) is 0 Å². The topological polar surface area (TPSA) is 55.6 Å². The Labute approximate surface area is 145 Å². The number of ether oxygens (including phenoxy) is 1. The number of carbonyl (C=O) groups excluding carboxylic acids is 1. The van der Waals surface area contributed by atoms with Crippen molar-refractivity contribution in [3.8, 4) is 17.1 Å². The lowest BCUT2D eigenvalue weighted by atomic mass is 10.0. The normalized spacial score (nSPS) is 12.1. The summed E-state index contributed by atoms with van der Waals surface area (Å²) in [5.74, 6) is 1.19. The van der Waals surface area contributed by atoms with E-state index in [4.69, 9.17) is 9.26 Å². The minimum atomic E-state index is -0.176. The lowest BCUT2D eigenvalue weighted by molar-refractivity contribution is 0.0977. The molecule has 0 atom stereocenters. The molecule has 1 aromatic heterocycles. The van der Waals surface area contributed by atoms with Crippen LogP contribution in [0.4, 0.5) is 5.69 Å². The minimum absolute atomic E-state index is 0.176. The van der Waals surface area contributed by atoms with Gasteiger partial charge >= 0.3 is 0 Å². The fraction of sp³-hybridized carbons (Fsp3) is 0.200. The van der Waals surface area contributed by atoms with E-state index in [2.05, 4.69) is 5.16 Å². The molecule has 1 amide bonds. The predicted molar refractivity (Wildman–Crippen MR) is 94.8 cm³/mol. The van der Waals surface area contributed by atoms with Gasteiger partial charge in [-0.05, 0) is 37.6 Å². The van der Waals surface area contributed by atoms with Gasteiger partial charge in [0.2, 0.25) is 0 Å². The number of anilines is 1. The Morgan fingerprint density at radius 3 is 2.72 bits per heavy atom. The Hall–Kier alpha value is -3.08. The van der Waals surface area contributed by atoms with Crippen molar-refractivity contribution in [3.63, 3.8) is 0 Å². The van der Waals surface area contributed by atoms with Gasteiger partial charge in [0, 0.05) is 12.2 Å². The first-order valence-corrected chi connectivity index (χ1v) is 8.29. The fourth-order valence-electron chi connectivity index (χ4n) is 3.17. The number of hydrogen-bond acceptors (Lipinski definition) is 4. The van der Waals surface area contributed by atoms with Crippen LogP contribution in [0.5, 0.6) is 5.75 Å². The number of rotatable bonds is 3. The minimum Gasteiger partial charge on any atom is -0.488 e. The highest BCUT2D eigenvalue weighted by molar-refractivity contribution is 6.07. The third-order valence-corrected chi connectivity index (χ3v) is 4.46. The van der Waals surface area contributed by atoms with Crippen LogP contribution in [0, 0.1) is 6.92 Å². The number of fused-ring (bicyclic) bond motifs is 3. The van der Waals surface area contributed by atoms with Crippen molar-refractivity contribution in [2.45, 2.75) is 20.5 Å². The van der Waals surface area contributed by atoms with Crippen LogP contribution in [0.2, 0.25) is 0 Å². The van der Waals surface area contributed by atoms with Gasteiger partial charge in [-0.15, -0.1) is 0 Å². The highest BCUT2D eigenvalue weighted by Crippen LogP contribution is 2.39. The van der Waals surface area contributed by atoms with Gasteiger partial charge in [-0.25, -0.2) is 0 Å². The fourth-order valence-corrected chi connectivity index (χ4v) is 3.17. The number of hydrogen-bond donors (Lipinski definition) is 0. The molecule has 126 valence electrons. The molecule has 5 nitrogen and oxygen atoms in total. The third-order valence-electron chi connectivity index (χ3n) is 4.46. The van der Waals surface area contributed by atoms with Crippen molar-refractivity contribution < 1.29 is 14.1 Å². The molecule has 2 aromatic carbocycles. The molecule has 0 saturated heterocycles. The molecule has 0 aliphatic carbocycles. The van der Waals surface area contributed by atoms with E-state index < -0.39 is 0 Å². The van der Waals surface area contributed by atoms with E-state index >= 15 is 0 Å². The van der Waals surface area contributed by atoms with Gasteiger partial charge in [0.15, 0.2) is 11.5 Å². The zero-order valence-corrected chi connectivity index (χ0v) is 14.2. The monoisotopic (exact) mass is 334 g/mol. The van der Waals surface area contributed by atoms with E-state index in [-0.39, 0.29) is 12.5 Å². The van der Waals surface area contributed by atoms with E-state index in [1.165, 1.54) is 0 Å². The molecule has 1 aliphatic rings. The maximum atomic E-state index is 13.1. The summed E-state index contributed by atoms with van der Waals surface area (Å²) in [7, 11) is 0. The molecule has 0 spiro atoms. The molecule has 5 heteroatoms. The van der Waals surface area contributed by atoms with Crippen molar-refractivity contribution in [2.24, 2.45) is 0 Å². The number of nitrogens with zero attached hydrogens (tertiary/aromatic N) is 2.